The molecule has 0 spiro atoms. The minimum Gasteiger partial charge on any atom is -0.324 e. The molecule has 78 valence electrons. The quantitative estimate of drug-likeness (QED) is 0.660. The van der Waals surface area contributed by atoms with Crippen molar-refractivity contribution in [3.8, 4) is 0 Å². The second kappa shape index (κ2) is 4.43. The monoisotopic (exact) mass is 184 g/mol. The van der Waals surface area contributed by atoms with Crippen molar-refractivity contribution in [3.63, 3.8) is 0 Å². The lowest BCUT2D eigenvalue weighted by atomic mass is 9.98. The molecule has 0 aliphatic heterocycles. The number of nitrogens with one attached hydrogen (secondary N) is 1. The zero-order valence-corrected chi connectivity index (χ0v) is 9.27. The van der Waals surface area contributed by atoms with Crippen LogP contribution in [0.5, 0.6) is 0 Å². The van der Waals surface area contributed by atoms with Gasteiger partial charge in [0.25, 0.3) is 0 Å². The molecule has 1 rings (SSSR count). The smallest absolute Gasteiger partial charge is 0.0252 e. The Bertz CT molecular complexity index is 154. The Morgan fingerprint density at radius 1 is 1.54 bits per heavy atom. The van der Waals surface area contributed by atoms with E-state index in [0.717, 1.165) is 31.3 Å². The third-order valence-corrected chi connectivity index (χ3v) is 3.03. The van der Waals surface area contributed by atoms with Crippen LogP contribution >= 0.6 is 0 Å². The summed E-state index contributed by atoms with van der Waals surface area (Å²) in [6, 6.07) is 0. The van der Waals surface area contributed by atoms with Gasteiger partial charge in [0.2, 0.25) is 0 Å². The average Bonchev–Trinajstić information content (AvgIpc) is 2.66. The largest absolute Gasteiger partial charge is 0.324 e. The van der Waals surface area contributed by atoms with Crippen LogP contribution in [-0.2, 0) is 0 Å². The van der Waals surface area contributed by atoms with Gasteiger partial charge in [-0.25, -0.2) is 0 Å². The first-order valence-corrected chi connectivity index (χ1v) is 5.55. The summed E-state index contributed by atoms with van der Waals surface area (Å²) in [6.45, 7) is 8.77. The van der Waals surface area contributed by atoms with E-state index in [2.05, 4.69) is 26.1 Å². The van der Waals surface area contributed by atoms with Crippen molar-refractivity contribution in [2.45, 2.75) is 45.6 Å². The lowest BCUT2D eigenvalue weighted by Gasteiger charge is -2.24. The van der Waals surface area contributed by atoms with Gasteiger partial charge in [-0.2, -0.15) is 0 Å². The summed E-state index contributed by atoms with van der Waals surface area (Å²) in [5.74, 6) is 1.88. The van der Waals surface area contributed by atoms with E-state index in [4.69, 9.17) is 5.73 Å². The lowest BCUT2D eigenvalue weighted by Crippen LogP contribution is -2.46. The number of nitrogens with two attached hydrogens (primary N) is 1. The standard InChI is InChI=1S/C11H24N2/c1-4-5-11(3,12)8-13-7-10-6-9(10)2/h9-10,13H,4-8,12H2,1-3H3. The fourth-order valence-electron chi connectivity index (χ4n) is 1.89. The summed E-state index contributed by atoms with van der Waals surface area (Å²) in [6.07, 6.45) is 3.69. The van der Waals surface area contributed by atoms with Crippen LogP contribution in [0.1, 0.15) is 40.0 Å². The molecule has 3 unspecified atom stereocenters. The van der Waals surface area contributed by atoms with Crippen molar-refractivity contribution in [3.05, 3.63) is 0 Å². The van der Waals surface area contributed by atoms with Crippen LogP contribution in [0.15, 0.2) is 0 Å². The van der Waals surface area contributed by atoms with E-state index in [1.54, 1.807) is 0 Å². The van der Waals surface area contributed by atoms with Crippen LogP contribution in [-0.4, -0.2) is 18.6 Å². The highest BCUT2D eigenvalue weighted by Crippen LogP contribution is 2.36. The molecule has 0 bridgehead atoms. The Labute approximate surface area is 82.3 Å². The maximum atomic E-state index is 6.11. The molecular formula is C11H24N2. The van der Waals surface area contributed by atoms with Crippen LogP contribution in [0.4, 0.5) is 0 Å². The second-order valence-corrected chi connectivity index (χ2v) is 5.01. The molecular weight excluding hydrogens is 160 g/mol. The molecule has 0 aromatic heterocycles. The summed E-state index contributed by atoms with van der Waals surface area (Å²) < 4.78 is 0. The molecule has 1 saturated carbocycles. The first kappa shape index (κ1) is 11.0. The minimum absolute atomic E-state index is 0.00707. The van der Waals surface area contributed by atoms with E-state index in [0.29, 0.717) is 0 Å². The molecule has 2 nitrogen and oxygen atoms in total. The second-order valence-electron chi connectivity index (χ2n) is 5.01. The Morgan fingerprint density at radius 3 is 2.62 bits per heavy atom. The molecule has 0 radical (unpaired) electrons. The van der Waals surface area contributed by atoms with E-state index < -0.39 is 0 Å². The molecule has 0 heterocycles. The van der Waals surface area contributed by atoms with Gasteiger partial charge in [0.1, 0.15) is 0 Å². The normalized spacial score (nSPS) is 31.4. The fraction of sp³-hybridized carbons (Fsp3) is 1.00. The van der Waals surface area contributed by atoms with Crippen LogP contribution in [0, 0.1) is 11.8 Å². The Balaban J connectivity index is 2.03. The van der Waals surface area contributed by atoms with Gasteiger partial charge in [-0.1, -0.05) is 20.3 Å². The van der Waals surface area contributed by atoms with Crippen molar-refractivity contribution in [2.24, 2.45) is 17.6 Å². The van der Waals surface area contributed by atoms with Crippen LogP contribution < -0.4 is 11.1 Å². The van der Waals surface area contributed by atoms with Crippen LogP contribution in [0.2, 0.25) is 0 Å². The molecule has 2 heteroatoms. The highest BCUT2D eigenvalue weighted by Gasteiger charge is 2.32. The highest BCUT2D eigenvalue weighted by atomic mass is 14.9. The molecule has 0 aromatic carbocycles. The SMILES string of the molecule is CCCC(C)(N)CNCC1CC1C. The molecule has 3 N–H and O–H groups in total. The molecule has 0 amide bonds. The Morgan fingerprint density at radius 2 is 2.15 bits per heavy atom. The van der Waals surface area contributed by atoms with E-state index in [-0.39, 0.29) is 5.54 Å². The van der Waals surface area contributed by atoms with Crippen molar-refractivity contribution in [1.82, 2.24) is 5.32 Å². The first-order chi connectivity index (χ1) is 6.05. The van der Waals surface area contributed by atoms with Gasteiger partial charge in [0.05, 0.1) is 0 Å². The summed E-state index contributed by atoms with van der Waals surface area (Å²) in [4.78, 5) is 0. The van der Waals surface area contributed by atoms with Gasteiger partial charge in [0.15, 0.2) is 0 Å². The molecule has 13 heavy (non-hydrogen) atoms. The third-order valence-electron chi connectivity index (χ3n) is 3.03. The predicted molar refractivity (Wildman–Crippen MR) is 57.6 cm³/mol. The van der Waals surface area contributed by atoms with E-state index in [1.807, 2.05) is 0 Å². The number of hydrogen-bond donors (Lipinski definition) is 2. The summed E-state index contributed by atoms with van der Waals surface area (Å²) in [5.41, 5.74) is 6.10. The summed E-state index contributed by atoms with van der Waals surface area (Å²) in [7, 11) is 0. The van der Waals surface area contributed by atoms with Crippen molar-refractivity contribution < 1.29 is 0 Å². The Hall–Kier alpha value is -0.0800. The summed E-state index contributed by atoms with van der Waals surface area (Å²) in [5, 5.41) is 3.48. The number of hydrogen-bond acceptors (Lipinski definition) is 2. The average molecular weight is 184 g/mol. The van der Waals surface area contributed by atoms with E-state index in [9.17, 15) is 0 Å². The predicted octanol–water partition coefficient (Wildman–Crippen LogP) is 1.75. The minimum atomic E-state index is -0.00707. The fourth-order valence-corrected chi connectivity index (χ4v) is 1.89. The van der Waals surface area contributed by atoms with Gasteiger partial charge in [-0.05, 0) is 38.1 Å². The molecule has 0 aromatic rings. The molecule has 1 aliphatic rings. The van der Waals surface area contributed by atoms with Gasteiger partial charge in [-0.15, -0.1) is 0 Å². The zero-order valence-electron chi connectivity index (χ0n) is 9.27. The van der Waals surface area contributed by atoms with Gasteiger partial charge >= 0.3 is 0 Å². The van der Waals surface area contributed by atoms with Gasteiger partial charge < -0.3 is 11.1 Å². The molecule has 0 saturated heterocycles. The van der Waals surface area contributed by atoms with Crippen LogP contribution in [0.25, 0.3) is 0 Å². The molecule has 1 aliphatic carbocycles. The Kier molecular flexibility index (Phi) is 3.74. The third kappa shape index (κ3) is 4.10. The van der Waals surface area contributed by atoms with Crippen molar-refractivity contribution >= 4 is 0 Å². The molecule has 3 atom stereocenters. The highest BCUT2D eigenvalue weighted by molar-refractivity contribution is 4.86. The maximum absolute atomic E-state index is 6.11. The van der Waals surface area contributed by atoms with Crippen LogP contribution in [0.3, 0.4) is 0 Å². The lowest BCUT2D eigenvalue weighted by molar-refractivity contribution is 0.392. The molecule has 1 fully saturated rings. The van der Waals surface area contributed by atoms with Gasteiger partial charge in [0, 0.05) is 12.1 Å². The van der Waals surface area contributed by atoms with E-state index in [1.165, 1.54) is 12.8 Å². The van der Waals surface area contributed by atoms with Crippen molar-refractivity contribution in [1.29, 1.82) is 0 Å². The number of rotatable bonds is 6. The van der Waals surface area contributed by atoms with Crippen molar-refractivity contribution in [2.75, 3.05) is 13.1 Å². The summed E-state index contributed by atoms with van der Waals surface area (Å²) >= 11 is 0. The maximum Gasteiger partial charge on any atom is 0.0252 e. The first-order valence-electron chi connectivity index (χ1n) is 5.55. The van der Waals surface area contributed by atoms with Gasteiger partial charge in [-0.3, -0.25) is 0 Å². The zero-order chi connectivity index (χ0) is 9.90. The topological polar surface area (TPSA) is 38.0 Å². The van der Waals surface area contributed by atoms with E-state index >= 15 is 0 Å².